The maximum atomic E-state index is 13.4. The number of hydrogen-bond donors (Lipinski definition) is 1. The summed E-state index contributed by atoms with van der Waals surface area (Å²) < 4.78 is 5.35. The molecule has 1 atom stereocenters. The molecular weight excluding hydrogens is 400 g/mol. The maximum Gasteiger partial charge on any atom is 0.243 e. The molecule has 5 heteroatoms. The summed E-state index contributed by atoms with van der Waals surface area (Å²) in [6.07, 6.45) is 5.99. The van der Waals surface area contributed by atoms with Crippen LogP contribution in [0.15, 0.2) is 48.5 Å². The summed E-state index contributed by atoms with van der Waals surface area (Å²) >= 11 is 0. The maximum absolute atomic E-state index is 13.4. The molecule has 3 rings (SSSR count). The monoisotopic (exact) mass is 436 g/mol. The summed E-state index contributed by atoms with van der Waals surface area (Å²) in [5, 5.41) is 3.20. The zero-order valence-corrected chi connectivity index (χ0v) is 19.6. The van der Waals surface area contributed by atoms with Gasteiger partial charge in [0.15, 0.2) is 0 Å². The lowest BCUT2D eigenvalue weighted by atomic mass is 10.0. The van der Waals surface area contributed by atoms with Crippen LogP contribution in [0.25, 0.3) is 0 Å². The second-order valence-electron chi connectivity index (χ2n) is 8.77. The number of nitrogens with one attached hydrogen (secondary N) is 1. The lowest BCUT2D eigenvalue weighted by Crippen LogP contribution is -2.51. The summed E-state index contributed by atoms with van der Waals surface area (Å²) in [6.45, 7) is 4.42. The number of benzene rings is 2. The molecule has 172 valence electrons. The molecule has 0 spiro atoms. The molecule has 1 aliphatic rings. The van der Waals surface area contributed by atoms with Gasteiger partial charge in [0.05, 0.1) is 7.11 Å². The van der Waals surface area contributed by atoms with Gasteiger partial charge < -0.3 is 15.0 Å². The van der Waals surface area contributed by atoms with Crippen LogP contribution in [0.1, 0.15) is 62.1 Å². The van der Waals surface area contributed by atoms with Crippen LogP contribution < -0.4 is 10.1 Å². The second-order valence-corrected chi connectivity index (χ2v) is 8.77. The number of aryl methyl sites for hydroxylation is 2. The Morgan fingerprint density at radius 3 is 2.47 bits per heavy atom. The van der Waals surface area contributed by atoms with Gasteiger partial charge in [-0.25, -0.2) is 0 Å². The van der Waals surface area contributed by atoms with Crippen LogP contribution in [0.4, 0.5) is 0 Å². The molecule has 2 aromatic carbocycles. The van der Waals surface area contributed by atoms with Crippen molar-refractivity contribution in [3.8, 4) is 5.75 Å². The van der Waals surface area contributed by atoms with Gasteiger partial charge in [-0.3, -0.25) is 9.59 Å². The Bertz CT molecular complexity index is 888. The Labute approximate surface area is 192 Å². The SMILES string of the molecule is CCC(C(=O)NC1CCCC1)N(Cc1cccc(OC)c1)C(=O)CCc1ccc(C)cc1. The fourth-order valence-corrected chi connectivity index (χ4v) is 4.40. The highest BCUT2D eigenvalue weighted by molar-refractivity contribution is 5.88. The van der Waals surface area contributed by atoms with Crippen molar-refractivity contribution in [1.82, 2.24) is 10.2 Å². The van der Waals surface area contributed by atoms with Gasteiger partial charge in [0.2, 0.25) is 11.8 Å². The van der Waals surface area contributed by atoms with Crippen LogP contribution in [0.3, 0.4) is 0 Å². The molecule has 0 bridgehead atoms. The fourth-order valence-electron chi connectivity index (χ4n) is 4.40. The molecule has 1 unspecified atom stereocenters. The third kappa shape index (κ3) is 6.59. The van der Waals surface area contributed by atoms with E-state index < -0.39 is 6.04 Å². The first-order valence-electron chi connectivity index (χ1n) is 11.8. The van der Waals surface area contributed by atoms with E-state index in [4.69, 9.17) is 4.74 Å². The van der Waals surface area contributed by atoms with Crippen molar-refractivity contribution in [2.45, 2.75) is 77.4 Å². The van der Waals surface area contributed by atoms with Crippen LogP contribution in [0, 0.1) is 6.92 Å². The normalized spacial score (nSPS) is 14.7. The molecule has 0 heterocycles. The van der Waals surface area contributed by atoms with Crippen molar-refractivity contribution < 1.29 is 14.3 Å². The molecule has 2 amide bonds. The van der Waals surface area contributed by atoms with E-state index in [1.54, 1.807) is 12.0 Å². The van der Waals surface area contributed by atoms with Gasteiger partial charge in [-0.1, -0.05) is 61.7 Å². The highest BCUT2D eigenvalue weighted by Gasteiger charge is 2.30. The second kappa shape index (κ2) is 11.7. The molecule has 5 nitrogen and oxygen atoms in total. The Hall–Kier alpha value is -2.82. The highest BCUT2D eigenvalue weighted by Crippen LogP contribution is 2.21. The van der Waals surface area contributed by atoms with Crippen molar-refractivity contribution >= 4 is 11.8 Å². The number of carbonyl (C=O) groups excluding carboxylic acids is 2. The lowest BCUT2D eigenvalue weighted by Gasteiger charge is -2.31. The van der Waals surface area contributed by atoms with Gasteiger partial charge in [-0.05, 0) is 55.9 Å². The molecule has 0 radical (unpaired) electrons. The Balaban J connectivity index is 1.76. The van der Waals surface area contributed by atoms with E-state index >= 15 is 0 Å². The number of amides is 2. The molecule has 0 saturated heterocycles. The summed E-state index contributed by atoms with van der Waals surface area (Å²) in [5.74, 6) is 0.714. The van der Waals surface area contributed by atoms with Gasteiger partial charge in [-0.15, -0.1) is 0 Å². The van der Waals surface area contributed by atoms with Gasteiger partial charge in [-0.2, -0.15) is 0 Å². The number of carbonyl (C=O) groups is 2. The van der Waals surface area contributed by atoms with Crippen molar-refractivity contribution in [3.05, 3.63) is 65.2 Å². The van der Waals surface area contributed by atoms with Crippen LogP contribution in [0.2, 0.25) is 0 Å². The van der Waals surface area contributed by atoms with Crippen LogP contribution in [0.5, 0.6) is 5.75 Å². The molecule has 1 fully saturated rings. The zero-order chi connectivity index (χ0) is 22.9. The fraction of sp³-hybridized carbons (Fsp3) is 0.481. The lowest BCUT2D eigenvalue weighted by molar-refractivity contribution is -0.141. The molecular formula is C27H36N2O3. The van der Waals surface area contributed by atoms with Crippen LogP contribution in [-0.4, -0.2) is 35.9 Å². The average molecular weight is 437 g/mol. The molecule has 0 aromatic heterocycles. The molecule has 1 N–H and O–H groups in total. The van der Waals surface area contributed by atoms with E-state index in [1.807, 2.05) is 31.2 Å². The topological polar surface area (TPSA) is 58.6 Å². The molecule has 0 aliphatic heterocycles. The summed E-state index contributed by atoms with van der Waals surface area (Å²) in [6, 6.07) is 15.7. The standard InChI is InChI=1S/C27H36N2O3/c1-4-25(27(31)28-23-9-5-6-10-23)29(19-22-8-7-11-24(18-22)32-3)26(30)17-16-21-14-12-20(2)13-15-21/h7-8,11-15,18,23,25H,4-6,9-10,16-17,19H2,1-3H3,(H,28,31). The molecule has 32 heavy (non-hydrogen) atoms. The Morgan fingerprint density at radius 1 is 1.09 bits per heavy atom. The van der Waals surface area contributed by atoms with Crippen LogP contribution >= 0.6 is 0 Å². The number of methoxy groups -OCH3 is 1. The highest BCUT2D eigenvalue weighted by atomic mass is 16.5. The van der Waals surface area contributed by atoms with E-state index in [0.29, 0.717) is 25.8 Å². The largest absolute Gasteiger partial charge is 0.497 e. The van der Waals surface area contributed by atoms with Gasteiger partial charge in [0.25, 0.3) is 0 Å². The van der Waals surface area contributed by atoms with Gasteiger partial charge in [0, 0.05) is 19.0 Å². The van der Waals surface area contributed by atoms with E-state index in [2.05, 4.69) is 36.5 Å². The average Bonchev–Trinajstić information content (AvgIpc) is 3.31. The summed E-state index contributed by atoms with van der Waals surface area (Å²) in [4.78, 5) is 28.3. The number of ether oxygens (including phenoxy) is 1. The predicted octanol–water partition coefficient (Wildman–Crippen LogP) is 4.80. The van der Waals surface area contributed by atoms with Crippen molar-refractivity contribution in [1.29, 1.82) is 0 Å². The minimum absolute atomic E-state index is 0.00168. The van der Waals surface area contributed by atoms with Crippen molar-refractivity contribution in [3.63, 3.8) is 0 Å². The smallest absolute Gasteiger partial charge is 0.243 e. The quantitative estimate of drug-likeness (QED) is 0.582. The van der Waals surface area contributed by atoms with Gasteiger partial charge >= 0.3 is 0 Å². The van der Waals surface area contributed by atoms with Crippen LogP contribution in [-0.2, 0) is 22.6 Å². The van der Waals surface area contributed by atoms with Gasteiger partial charge in [0.1, 0.15) is 11.8 Å². The van der Waals surface area contributed by atoms with E-state index in [0.717, 1.165) is 42.6 Å². The summed E-state index contributed by atoms with van der Waals surface area (Å²) in [7, 11) is 1.63. The first-order valence-corrected chi connectivity index (χ1v) is 11.8. The third-order valence-corrected chi connectivity index (χ3v) is 6.32. The minimum atomic E-state index is -0.479. The first kappa shape index (κ1) is 23.8. The summed E-state index contributed by atoms with van der Waals surface area (Å²) in [5.41, 5.74) is 3.29. The minimum Gasteiger partial charge on any atom is -0.497 e. The predicted molar refractivity (Wildman–Crippen MR) is 128 cm³/mol. The Morgan fingerprint density at radius 2 is 1.81 bits per heavy atom. The van der Waals surface area contributed by atoms with E-state index in [-0.39, 0.29) is 17.9 Å². The number of rotatable bonds is 10. The molecule has 2 aromatic rings. The Kier molecular flexibility index (Phi) is 8.72. The molecule has 1 aliphatic carbocycles. The van der Waals surface area contributed by atoms with Crippen molar-refractivity contribution in [2.24, 2.45) is 0 Å². The van der Waals surface area contributed by atoms with E-state index in [1.165, 1.54) is 5.56 Å². The zero-order valence-electron chi connectivity index (χ0n) is 19.6. The first-order chi connectivity index (χ1) is 15.5. The molecule has 1 saturated carbocycles. The third-order valence-electron chi connectivity index (χ3n) is 6.32. The van der Waals surface area contributed by atoms with E-state index in [9.17, 15) is 9.59 Å². The number of nitrogens with zero attached hydrogens (tertiary/aromatic N) is 1. The van der Waals surface area contributed by atoms with Crippen molar-refractivity contribution in [2.75, 3.05) is 7.11 Å². The number of hydrogen-bond acceptors (Lipinski definition) is 3.